The number of aromatic nitrogens is 2. The summed E-state index contributed by atoms with van der Waals surface area (Å²) in [5.74, 6) is 1.28. The highest BCUT2D eigenvalue weighted by atomic mass is 35.5. The molecule has 2 aliphatic heterocycles. The molecule has 11 heteroatoms. The number of allylic oxidation sites excluding steroid dienone is 1. The molecule has 9 rings (SSSR count). The lowest BCUT2D eigenvalue weighted by molar-refractivity contribution is -0.159. The molecule has 4 fully saturated rings. The predicted molar refractivity (Wildman–Crippen MR) is 215 cm³/mol. The van der Waals surface area contributed by atoms with E-state index in [1.807, 2.05) is 30.3 Å². The van der Waals surface area contributed by atoms with Crippen LogP contribution in [-0.4, -0.2) is 59.3 Å². The van der Waals surface area contributed by atoms with Gasteiger partial charge in [-0.05, 0) is 99.1 Å². The summed E-state index contributed by atoms with van der Waals surface area (Å²) in [6.45, 7) is 6.81. The number of rotatable bonds is 13. The molecule has 2 atom stereocenters. The van der Waals surface area contributed by atoms with Gasteiger partial charge in [-0.2, -0.15) is 4.98 Å². The van der Waals surface area contributed by atoms with Crippen LogP contribution in [0.5, 0.6) is 17.6 Å². The molecule has 2 aromatic carbocycles. The fourth-order valence-corrected chi connectivity index (χ4v) is 9.89. The number of hydrogen-bond donors (Lipinski definition) is 2. The minimum Gasteiger partial charge on any atom is -0.481 e. The van der Waals surface area contributed by atoms with E-state index in [1.165, 1.54) is 17.6 Å². The van der Waals surface area contributed by atoms with Gasteiger partial charge in [0.15, 0.2) is 0 Å². The van der Waals surface area contributed by atoms with E-state index in [9.17, 15) is 9.90 Å². The van der Waals surface area contributed by atoms with Crippen LogP contribution >= 0.6 is 23.2 Å². The summed E-state index contributed by atoms with van der Waals surface area (Å²) in [6.07, 6.45) is 7.93. The summed E-state index contributed by atoms with van der Waals surface area (Å²) in [5.41, 5.74) is 8.32. The number of methoxy groups -OCH3 is 2. The summed E-state index contributed by atoms with van der Waals surface area (Å²) in [5, 5.41) is 14.6. The first kappa shape index (κ1) is 37.8. The van der Waals surface area contributed by atoms with Gasteiger partial charge >= 0.3 is 5.97 Å². The zero-order valence-corrected chi connectivity index (χ0v) is 33.0. The van der Waals surface area contributed by atoms with Crippen LogP contribution in [0.15, 0.2) is 66.7 Å². The topological polar surface area (TPSA) is 106 Å². The van der Waals surface area contributed by atoms with Crippen molar-refractivity contribution in [3.63, 3.8) is 0 Å². The number of nitrogens with one attached hydrogen (secondary N) is 1. The molecule has 4 aromatic rings. The number of carboxylic acid groups (broad SMARTS) is 1. The third-order valence-electron chi connectivity index (χ3n) is 12.3. The minimum atomic E-state index is -0.703. The summed E-state index contributed by atoms with van der Waals surface area (Å²) in [6, 6.07) is 18.6. The molecule has 4 heterocycles. The van der Waals surface area contributed by atoms with Crippen LogP contribution in [0.25, 0.3) is 22.4 Å². The number of ether oxygens (including phenoxy) is 3. The van der Waals surface area contributed by atoms with Crippen LogP contribution < -0.4 is 19.5 Å². The van der Waals surface area contributed by atoms with Gasteiger partial charge in [-0.25, -0.2) is 4.98 Å². The van der Waals surface area contributed by atoms with E-state index >= 15 is 0 Å². The van der Waals surface area contributed by atoms with Gasteiger partial charge in [0.05, 0.1) is 30.4 Å². The number of benzene rings is 2. The first-order valence-electron chi connectivity index (χ1n) is 19.4. The van der Waals surface area contributed by atoms with Crippen molar-refractivity contribution in [3.8, 4) is 40.0 Å². The number of hydrogen-bond acceptors (Lipinski definition) is 8. The van der Waals surface area contributed by atoms with E-state index in [4.69, 9.17) is 47.4 Å². The van der Waals surface area contributed by atoms with Crippen LogP contribution in [-0.2, 0) is 24.3 Å². The Kier molecular flexibility index (Phi) is 10.8. The first-order chi connectivity index (χ1) is 26.7. The molecule has 5 aliphatic rings. The highest BCUT2D eigenvalue weighted by Gasteiger charge is 2.49. The zero-order chi connectivity index (χ0) is 38.3. The molecule has 0 amide bonds. The Balaban J connectivity index is 0.994. The van der Waals surface area contributed by atoms with Crippen LogP contribution in [0, 0.1) is 11.3 Å². The quantitative estimate of drug-likeness (QED) is 0.128. The van der Waals surface area contributed by atoms with Crippen LogP contribution in [0.4, 0.5) is 0 Å². The molecule has 0 unspecified atom stereocenters. The van der Waals surface area contributed by atoms with Crippen molar-refractivity contribution in [2.45, 2.75) is 83.0 Å². The Hall–Kier alpha value is -4.15. The molecule has 3 aliphatic carbocycles. The number of carbonyl (C=O) groups is 1. The Morgan fingerprint density at radius 2 is 1.67 bits per heavy atom. The summed E-state index contributed by atoms with van der Waals surface area (Å²) in [7, 11) is 3.25. The second kappa shape index (κ2) is 15.8. The second-order valence-electron chi connectivity index (χ2n) is 15.7. The summed E-state index contributed by atoms with van der Waals surface area (Å²) >= 11 is 14.1. The van der Waals surface area contributed by atoms with Crippen molar-refractivity contribution in [2.24, 2.45) is 11.3 Å². The molecular weight excluding hydrogens is 735 g/mol. The maximum absolute atomic E-state index is 12.2. The van der Waals surface area contributed by atoms with Crippen molar-refractivity contribution < 1.29 is 24.1 Å². The van der Waals surface area contributed by atoms with Crippen LogP contribution in [0.3, 0.4) is 0 Å². The molecule has 2 saturated carbocycles. The number of halogens is 2. The molecule has 55 heavy (non-hydrogen) atoms. The monoisotopic (exact) mass is 782 g/mol. The molecule has 2 saturated heterocycles. The van der Waals surface area contributed by atoms with E-state index in [0.717, 1.165) is 97.0 Å². The van der Waals surface area contributed by atoms with Crippen molar-refractivity contribution in [1.29, 1.82) is 0 Å². The van der Waals surface area contributed by atoms with Crippen LogP contribution in [0.1, 0.15) is 79.7 Å². The van der Waals surface area contributed by atoms with E-state index in [0.29, 0.717) is 59.3 Å². The molecule has 9 nitrogen and oxygen atoms in total. The molecule has 2 N–H and O–H groups in total. The smallest absolute Gasteiger partial charge is 0.310 e. The highest BCUT2D eigenvalue weighted by molar-refractivity contribution is 6.36. The molecule has 0 spiro atoms. The zero-order valence-electron chi connectivity index (χ0n) is 31.5. The lowest BCUT2D eigenvalue weighted by atomic mass is 9.67. The van der Waals surface area contributed by atoms with E-state index in [-0.39, 0.29) is 6.10 Å². The van der Waals surface area contributed by atoms with Gasteiger partial charge in [-0.15, -0.1) is 0 Å². The normalized spacial score (nSPS) is 23.2. The predicted octanol–water partition coefficient (Wildman–Crippen LogP) is 9.48. The lowest BCUT2D eigenvalue weighted by Gasteiger charge is -2.50. The number of carboxylic acids is 1. The summed E-state index contributed by atoms with van der Waals surface area (Å²) < 4.78 is 18.0. The van der Waals surface area contributed by atoms with E-state index in [1.54, 1.807) is 14.2 Å². The fourth-order valence-electron chi connectivity index (χ4n) is 9.35. The lowest BCUT2D eigenvalue weighted by Crippen LogP contribution is -2.56. The Morgan fingerprint density at radius 3 is 2.42 bits per heavy atom. The largest absolute Gasteiger partial charge is 0.481 e. The third kappa shape index (κ3) is 7.44. The second-order valence-corrected chi connectivity index (χ2v) is 16.5. The van der Waals surface area contributed by atoms with Gasteiger partial charge in [-0.1, -0.05) is 77.8 Å². The minimum absolute atomic E-state index is 0.259. The van der Waals surface area contributed by atoms with Crippen molar-refractivity contribution in [2.75, 3.05) is 27.3 Å². The van der Waals surface area contributed by atoms with Crippen molar-refractivity contribution >= 4 is 29.2 Å². The van der Waals surface area contributed by atoms with Crippen molar-refractivity contribution in [3.05, 3.63) is 99.0 Å². The number of nitrogens with zero attached hydrogens (tertiary/aromatic N) is 3. The SMILES string of the molecule is C=C1CC[C@@H](CNCc2ccc(-c3cccc(-c4cccc5c4CC[C@@H]5Oc4nc(OC)c(CN5CC6(C(=O)O)CCC5CC6)cc4Cl)c3Cl)nc2OC)C1. The van der Waals surface area contributed by atoms with Gasteiger partial charge in [-0.3, -0.25) is 9.69 Å². The average molecular weight is 784 g/mol. The van der Waals surface area contributed by atoms with E-state index in [2.05, 4.69) is 41.1 Å². The Morgan fingerprint density at radius 1 is 0.927 bits per heavy atom. The molecule has 0 radical (unpaired) electrons. The van der Waals surface area contributed by atoms with Gasteiger partial charge in [0.1, 0.15) is 11.1 Å². The fraction of sp³-hybridized carbons (Fsp3) is 0.432. The van der Waals surface area contributed by atoms with Gasteiger partial charge in [0.2, 0.25) is 17.6 Å². The van der Waals surface area contributed by atoms with Crippen molar-refractivity contribution in [1.82, 2.24) is 20.2 Å². The van der Waals surface area contributed by atoms with E-state index < -0.39 is 11.4 Å². The number of pyridine rings is 2. The molecular formula is C44H48Cl2N4O5. The molecule has 288 valence electrons. The first-order valence-corrected chi connectivity index (χ1v) is 20.1. The Bertz CT molecular complexity index is 2120. The standard InChI is InChI=1S/C44H48Cl2N4O5/c1-26-10-11-27(20-26)22-47-23-28-12-14-37(48-40(28)53-2)35-9-5-8-34(39(35)46)31-6-4-7-33-32(31)13-15-38(33)55-42-36(45)21-29(41(49-42)54-3)24-50-25-44(43(51)52)18-16-30(50)17-19-44/h4-9,12,14,21,27,30,38,47H,1,10-11,13,15-20,22-25H2,2-3H3,(H,51,52)/t27-,30?,38+,44?/m1/s1. The van der Waals surface area contributed by atoms with Gasteiger partial charge < -0.3 is 24.6 Å². The summed E-state index contributed by atoms with van der Waals surface area (Å²) in [4.78, 5) is 24.1. The number of aliphatic carboxylic acids is 1. The van der Waals surface area contributed by atoms with Gasteiger partial charge in [0, 0.05) is 47.9 Å². The molecule has 2 aromatic heterocycles. The maximum Gasteiger partial charge on any atom is 0.310 e. The van der Waals surface area contributed by atoms with Crippen LogP contribution in [0.2, 0.25) is 10.0 Å². The average Bonchev–Trinajstić information content (AvgIpc) is 3.81. The highest BCUT2D eigenvalue weighted by Crippen LogP contribution is 2.47. The Labute approximate surface area is 333 Å². The molecule has 2 bridgehead atoms. The number of piperidine rings is 2. The maximum atomic E-state index is 12.2. The van der Waals surface area contributed by atoms with Gasteiger partial charge in [0.25, 0.3) is 0 Å². The number of fused-ring (bicyclic) bond motifs is 4. The third-order valence-corrected chi connectivity index (χ3v) is 13.0.